The maximum atomic E-state index is 12.0. The van der Waals surface area contributed by atoms with E-state index in [1.807, 2.05) is 76.2 Å². The van der Waals surface area contributed by atoms with E-state index < -0.39 is 5.60 Å². The van der Waals surface area contributed by atoms with E-state index in [9.17, 15) is 4.79 Å². The fourth-order valence-electron chi connectivity index (χ4n) is 3.14. The highest BCUT2D eigenvalue weighted by atomic mass is 32.1. The van der Waals surface area contributed by atoms with E-state index >= 15 is 0 Å². The Labute approximate surface area is 190 Å². The molecule has 0 saturated carbocycles. The predicted octanol–water partition coefficient (Wildman–Crippen LogP) is 5.11. The van der Waals surface area contributed by atoms with Crippen molar-refractivity contribution in [3.63, 3.8) is 0 Å². The molecule has 0 aliphatic heterocycles. The van der Waals surface area contributed by atoms with Crippen molar-refractivity contribution >= 4 is 27.5 Å². The van der Waals surface area contributed by atoms with E-state index in [1.165, 1.54) is 16.1 Å². The molecular formula is C23H25N5O3S. The summed E-state index contributed by atoms with van der Waals surface area (Å²) in [5.41, 5.74) is 1.21. The monoisotopic (exact) mass is 451 g/mol. The molecule has 0 amide bonds. The van der Waals surface area contributed by atoms with Crippen molar-refractivity contribution in [3.05, 3.63) is 48.5 Å². The van der Waals surface area contributed by atoms with Gasteiger partial charge in [0.1, 0.15) is 11.4 Å². The number of rotatable bonds is 7. The molecule has 4 aromatic rings. The van der Waals surface area contributed by atoms with Crippen molar-refractivity contribution in [3.8, 4) is 22.3 Å². The number of thiazole rings is 1. The number of aromatic nitrogens is 5. The molecule has 166 valence electrons. The van der Waals surface area contributed by atoms with Crippen LogP contribution in [-0.2, 0) is 16.1 Å². The minimum atomic E-state index is -0.492. The van der Waals surface area contributed by atoms with Crippen LogP contribution in [0.15, 0.2) is 48.5 Å². The van der Waals surface area contributed by atoms with E-state index in [0.29, 0.717) is 29.7 Å². The molecule has 9 heteroatoms. The van der Waals surface area contributed by atoms with E-state index in [4.69, 9.17) is 9.47 Å². The minimum absolute atomic E-state index is 0.0144. The third-order valence-electron chi connectivity index (χ3n) is 4.43. The molecular weight excluding hydrogens is 426 g/mol. The summed E-state index contributed by atoms with van der Waals surface area (Å²) < 4.78 is 12.4. The van der Waals surface area contributed by atoms with Crippen LogP contribution in [-0.4, -0.2) is 36.8 Å². The molecule has 0 spiro atoms. The summed E-state index contributed by atoms with van der Waals surface area (Å²) in [6, 6.07) is 15.4. The van der Waals surface area contributed by atoms with Gasteiger partial charge in [-0.2, -0.15) is 4.80 Å². The molecule has 4 rings (SSSR count). The lowest BCUT2D eigenvalue weighted by atomic mass is 10.1. The van der Waals surface area contributed by atoms with Gasteiger partial charge in [0.05, 0.1) is 16.8 Å². The van der Waals surface area contributed by atoms with Crippen molar-refractivity contribution in [2.45, 2.75) is 46.3 Å². The molecule has 0 saturated heterocycles. The van der Waals surface area contributed by atoms with Crippen molar-refractivity contribution < 1.29 is 14.3 Å². The summed E-state index contributed by atoms with van der Waals surface area (Å²) in [7, 11) is 0. The van der Waals surface area contributed by atoms with Crippen LogP contribution in [0.1, 0.15) is 34.1 Å². The number of para-hydroxylation sites is 1. The number of carbonyl (C=O) groups is 1. The second-order valence-corrected chi connectivity index (χ2v) is 9.63. The number of fused-ring (bicyclic) bond motifs is 1. The number of ether oxygens (including phenoxy) is 2. The Morgan fingerprint density at radius 1 is 1.16 bits per heavy atom. The third-order valence-corrected chi connectivity index (χ3v) is 5.35. The van der Waals surface area contributed by atoms with Crippen LogP contribution in [0.2, 0.25) is 0 Å². The molecule has 0 aliphatic rings. The molecule has 0 unspecified atom stereocenters. The zero-order valence-corrected chi connectivity index (χ0v) is 19.3. The van der Waals surface area contributed by atoms with E-state index in [-0.39, 0.29) is 11.9 Å². The van der Waals surface area contributed by atoms with Gasteiger partial charge in [-0.25, -0.2) is 4.98 Å². The topological polar surface area (TPSA) is 92.0 Å². The molecule has 2 heterocycles. The van der Waals surface area contributed by atoms with Crippen LogP contribution in [0.25, 0.3) is 21.6 Å². The lowest BCUT2D eigenvalue weighted by Crippen LogP contribution is -2.25. The smallest absolute Gasteiger partial charge is 0.306 e. The zero-order valence-electron chi connectivity index (χ0n) is 18.5. The highest BCUT2D eigenvalue weighted by molar-refractivity contribution is 7.20. The number of hydrogen-bond acceptors (Lipinski definition) is 8. The van der Waals surface area contributed by atoms with Crippen molar-refractivity contribution in [1.29, 1.82) is 0 Å². The quantitative estimate of drug-likeness (QED) is 0.361. The molecule has 0 fully saturated rings. The van der Waals surface area contributed by atoms with Crippen LogP contribution in [0, 0.1) is 5.92 Å². The Hall–Kier alpha value is -3.33. The fourth-order valence-corrected chi connectivity index (χ4v) is 3.98. The zero-order chi connectivity index (χ0) is 22.7. The standard InChI is InChI=1S/C23H25N5O3S/c1-15(12-20(29)31-23(2,3)4)14-28-26-21(25-27-28)16-8-7-9-17(13-16)30-22-24-18-10-5-6-11-19(18)32-22/h5-11,13,15H,12,14H2,1-4H3/t15-/m1/s1. The maximum Gasteiger partial charge on any atom is 0.306 e. The highest BCUT2D eigenvalue weighted by Gasteiger charge is 2.19. The van der Waals surface area contributed by atoms with E-state index in [2.05, 4.69) is 20.4 Å². The van der Waals surface area contributed by atoms with Crippen molar-refractivity contribution in [2.24, 2.45) is 5.92 Å². The number of nitrogens with zero attached hydrogens (tertiary/aromatic N) is 5. The fraction of sp³-hybridized carbons (Fsp3) is 0.348. The normalized spacial score (nSPS) is 12.6. The van der Waals surface area contributed by atoms with Gasteiger partial charge in [0.25, 0.3) is 5.19 Å². The molecule has 1 atom stereocenters. The Balaban J connectivity index is 1.41. The number of hydrogen-bond donors (Lipinski definition) is 0. The molecule has 8 nitrogen and oxygen atoms in total. The molecule has 2 aromatic heterocycles. The lowest BCUT2D eigenvalue weighted by molar-refractivity contribution is -0.155. The Bertz CT molecular complexity index is 1190. The van der Waals surface area contributed by atoms with Gasteiger partial charge >= 0.3 is 5.97 Å². The van der Waals surface area contributed by atoms with Gasteiger partial charge in [0.15, 0.2) is 0 Å². The molecule has 0 N–H and O–H groups in total. The summed E-state index contributed by atoms with van der Waals surface area (Å²) in [6.07, 6.45) is 0.291. The molecule has 0 radical (unpaired) electrons. The largest absolute Gasteiger partial charge is 0.460 e. The number of tetrazole rings is 1. The van der Waals surface area contributed by atoms with Crippen molar-refractivity contribution in [1.82, 2.24) is 25.2 Å². The van der Waals surface area contributed by atoms with Crippen LogP contribution < -0.4 is 4.74 Å². The summed E-state index contributed by atoms with van der Waals surface area (Å²) in [4.78, 5) is 18.0. The molecule has 0 aliphatic carbocycles. The van der Waals surface area contributed by atoms with Gasteiger partial charge in [-0.3, -0.25) is 4.79 Å². The Morgan fingerprint density at radius 2 is 1.97 bits per heavy atom. The number of carbonyl (C=O) groups excluding carboxylic acids is 1. The first-order valence-electron chi connectivity index (χ1n) is 10.4. The lowest BCUT2D eigenvalue weighted by Gasteiger charge is -2.20. The van der Waals surface area contributed by atoms with Crippen LogP contribution >= 0.6 is 11.3 Å². The van der Waals surface area contributed by atoms with Crippen LogP contribution in [0.3, 0.4) is 0 Å². The van der Waals surface area contributed by atoms with Gasteiger partial charge in [-0.1, -0.05) is 42.5 Å². The van der Waals surface area contributed by atoms with Gasteiger partial charge in [0, 0.05) is 12.0 Å². The first-order valence-corrected chi connectivity index (χ1v) is 11.2. The van der Waals surface area contributed by atoms with Gasteiger partial charge in [0.2, 0.25) is 5.82 Å². The number of benzene rings is 2. The second kappa shape index (κ2) is 9.04. The Kier molecular flexibility index (Phi) is 6.18. The van der Waals surface area contributed by atoms with Crippen LogP contribution in [0.4, 0.5) is 0 Å². The molecule has 0 bridgehead atoms. The minimum Gasteiger partial charge on any atom is -0.460 e. The highest BCUT2D eigenvalue weighted by Crippen LogP contribution is 2.32. The van der Waals surface area contributed by atoms with Gasteiger partial charge in [-0.15, -0.1) is 10.2 Å². The van der Waals surface area contributed by atoms with Gasteiger partial charge < -0.3 is 9.47 Å². The van der Waals surface area contributed by atoms with Gasteiger partial charge in [-0.05, 0) is 56.2 Å². The average molecular weight is 452 g/mol. The predicted molar refractivity (Wildman–Crippen MR) is 123 cm³/mol. The average Bonchev–Trinajstić information content (AvgIpc) is 3.32. The summed E-state index contributed by atoms with van der Waals surface area (Å²) >= 11 is 1.49. The molecule has 2 aromatic carbocycles. The summed E-state index contributed by atoms with van der Waals surface area (Å²) in [6.45, 7) is 7.99. The van der Waals surface area contributed by atoms with Crippen LogP contribution in [0.5, 0.6) is 10.9 Å². The van der Waals surface area contributed by atoms with Crippen molar-refractivity contribution in [2.75, 3.05) is 0 Å². The second-order valence-electron chi connectivity index (χ2n) is 8.64. The van der Waals surface area contributed by atoms with E-state index in [0.717, 1.165) is 15.8 Å². The first-order chi connectivity index (χ1) is 15.2. The first kappa shape index (κ1) is 21.9. The van der Waals surface area contributed by atoms with E-state index in [1.54, 1.807) is 0 Å². The summed E-state index contributed by atoms with van der Waals surface area (Å²) in [5, 5.41) is 13.3. The SMILES string of the molecule is C[C@H](CC(=O)OC(C)(C)C)Cn1nnc(-c2cccc(Oc3nc4ccccc4s3)c2)n1. The maximum absolute atomic E-state index is 12.0. The third kappa shape index (κ3) is 5.67. The Morgan fingerprint density at radius 3 is 2.75 bits per heavy atom. The number of esters is 1. The summed E-state index contributed by atoms with van der Waals surface area (Å²) in [5.74, 6) is 0.922. The molecule has 32 heavy (non-hydrogen) atoms.